The molecule has 6 nitrogen and oxygen atoms in total. The molecule has 1 aliphatic rings. The van der Waals surface area contributed by atoms with Gasteiger partial charge in [-0.15, -0.1) is 0 Å². The number of hydrogen-bond donors (Lipinski definition) is 0. The van der Waals surface area contributed by atoms with Crippen LogP contribution in [0.1, 0.15) is 19.4 Å². The summed E-state index contributed by atoms with van der Waals surface area (Å²) in [4.78, 5) is 0. The highest BCUT2D eigenvalue weighted by atomic mass is 79.9. The summed E-state index contributed by atoms with van der Waals surface area (Å²) in [5, 5.41) is 0. The van der Waals surface area contributed by atoms with Crippen LogP contribution in [0.15, 0.2) is 22.7 Å². The molecule has 2 atom stereocenters. The van der Waals surface area contributed by atoms with Crippen LogP contribution < -0.4 is 4.74 Å². The molecule has 2 unspecified atom stereocenters. The molecular formula is C15H23BrN2O4S. The van der Waals surface area contributed by atoms with Gasteiger partial charge in [0.05, 0.1) is 19.3 Å². The minimum Gasteiger partial charge on any atom is -0.496 e. The van der Waals surface area contributed by atoms with Gasteiger partial charge in [0.1, 0.15) is 5.75 Å². The van der Waals surface area contributed by atoms with Crippen molar-refractivity contribution in [2.75, 3.05) is 27.2 Å². The number of nitrogens with zero attached hydrogens (tertiary/aromatic N) is 2. The third-order valence-electron chi connectivity index (χ3n) is 3.74. The molecule has 0 saturated carbocycles. The quantitative estimate of drug-likeness (QED) is 0.752. The average Bonchev–Trinajstić information content (AvgIpc) is 2.46. The van der Waals surface area contributed by atoms with Crippen LogP contribution >= 0.6 is 15.9 Å². The Kier molecular flexibility index (Phi) is 6.07. The summed E-state index contributed by atoms with van der Waals surface area (Å²) in [7, 11) is -0.388. The van der Waals surface area contributed by atoms with Crippen molar-refractivity contribution in [1.29, 1.82) is 0 Å². The second kappa shape index (κ2) is 7.48. The molecule has 0 spiro atoms. The molecule has 1 aliphatic heterocycles. The fourth-order valence-corrected chi connectivity index (χ4v) is 4.61. The van der Waals surface area contributed by atoms with E-state index in [0.29, 0.717) is 18.8 Å². The van der Waals surface area contributed by atoms with Crippen LogP contribution in [0.2, 0.25) is 0 Å². The van der Waals surface area contributed by atoms with Gasteiger partial charge in [-0.25, -0.2) is 0 Å². The van der Waals surface area contributed by atoms with E-state index in [2.05, 4.69) is 15.9 Å². The van der Waals surface area contributed by atoms with Gasteiger partial charge in [0.2, 0.25) is 0 Å². The molecule has 0 N–H and O–H groups in total. The van der Waals surface area contributed by atoms with E-state index in [-0.39, 0.29) is 18.8 Å². The molecule has 8 heteroatoms. The number of benzene rings is 1. The van der Waals surface area contributed by atoms with Gasteiger partial charge in [0.25, 0.3) is 10.2 Å². The summed E-state index contributed by atoms with van der Waals surface area (Å²) in [5.74, 6) is 0.666. The van der Waals surface area contributed by atoms with Crippen molar-refractivity contribution in [2.24, 2.45) is 0 Å². The fourth-order valence-electron chi connectivity index (χ4n) is 2.71. The standard InChI is InChI=1S/C15H23BrN2O4S/c1-11-8-18(9-12(2)22-11)23(19,20)17(3)10-13-7-14(16)5-6-15(13)21-4/h5-7,11-12H,8-10H2,1-4H3. The van der Waals surface area contributed by atoms with Crippen molar-refractivity contribution >= 4 is 26.1 Å². The van der Waals surface area contributed by atoms with Gasteiger partial charge < -0.3 is 9.47 Å². The topological polar surface area (TPSA) is 59.1 Å². The molecule has 130 valence electrons. The van der Waals surface area contributed by atoms with E-state index in [1.165, 1.54) is 8.61 Å². The Morgan fingerprint density at radius 1 is 1.35 bits per heavy atom. The molecule has 0 amide bonds. The van der Waals surface area contributed by atoms with Gasteiger partial charge >= 0.3 is 0 Å². The van der Waals surface area contributed by atoms with E-state index >= 15 is 0 Å². The molecule has 1 fully saturated rings. The predicted octanol–water partition coefficient (Wildman–Crippen LogP) is 2.24. The van der Waals surface area contributed by atoms with E-state index in [1.807, 2.05) is 32.0 Å². The van der Waals surface area contributed by atoms with Crippen molar-refractivity contribution in [3.05, 3.63) is 28.2 Å². The number of morpholine rings is 1. The van der Waals surface area contributed by atoms with Crippen LogP contribution in [0.5, 0.6) is 5.75 Å². The zero-order valence-corrected chi connectivity index (χ0v) is 16.2. The Bertz CT molecular complexity index is 643. The Morgan fingerprint density at radius 2 is 1.96 bits per heavy atom. The Balaban J connectivity index is 2.19. The first-order valence-electron chi connectivity index (χ1n) is 7.43. The summed E-state index contributed by atoms with van der Waals surface area (Å²) in [5.41, 5.74) is 0.808. The summed E-state index contributed by atoms with van der Waals surface area (Å²) in [6, 6.07) is 5.55. The highest BCUT2D eigenvalue weighted by Gasteiger charge is 2.33. The molecule has 0 aliphatic carbocycles. The zero-order chi connectivity index (χ0) is 17.2. The largest absolute Gasteiger partial charge is 0.496 e. The van der Waals surface area contributed by atoms with E-state index in [9.17, 15) is 8.42 Å². The van der Waals surface area contributed by atoms with Gasteiger partial charge in [0.15, 0.2) is 0 Å². The maximum Gasteiger partial charge on any atom is 0.282 e. The monoisotopic (exact) mass is 406 g/mol. The second-order valence-corrected chi connectivity index (χ2v) is 8.75. The molecule has 2 rings (SSSR count). The fraction of sp³-hybridized carbons (Fsp3) is 0.600. The third-order valence-corrected chi connectivity index (χ3v) is 6.10. The van der Waals surface area contributed by atoms with Crippen LogP contribution in [-0.4, -0.2) is 56.5 Å². The van der Waals surface area contributed by atoms with Crippen molar-refractivity contribution in [3.63, 3.8) is 0 Å². The van der Waals surface area contributed by atoms with E-state index in [1.54, 1.807) is 14.2 Å². The lowest BCUT2D eigenvalue weighted by atomic mass is 10.2. The SMILES string of the molecule is COc1ccc(Br)cc1CN(C)S(=O)(=O)N1CC(C)OC(C)C1. The molecule has 1 heterocycles. The maximum atomic E-state index is 12.8. The van der Waals surface area contributed by atoms with Gasteiger partial charge in [-0.3, -0.25) is 0 Å². The Morgan fingerprint density at radius 3 is 2.52 bits per heavy atom. The number of methoxy groups -OCH3 is 1. The third kappa shape index (κ3) is 4.45. The van der Waals surface area contributed by atoms with Crippen LogP contribution in [0.4, 0.5) is 0 Å². The summed E-state index contributed by atoms with van der Waals surface area (Å²) in [6.45, 7) is 4.75. The maximum absolute atomic E-state index is 12.8. The van der Waals surface area contributed by atoms with E-state index < -0.39 is 10.2 Å². The van der Waals surface area contributed by atoms with Gasteiger partial charge in [-0.1, -0.05) is 15.9 Å². The van der Waals surface area contributed by atoms with Crippen molar-refractivity contribution < 1.29 is 17.9 Å². The Labute approximate surface area is 146 Å². The van der Waals surface area contributed by atoms with E-state index in [4.69, 9.17) is 9.47 Å². The molecule has 0 radical (unpaired) electrons. The van der Waals surface area contributed by atoms with Crippen molar-refractivity contribution in [2.45, 2.75) is 32.6 Å². The molecule has 0 bridgehead atoms. The molecule has 23 heavy (non-hydrogen) atoms. The first kappa shape index (κ1) is 18.7. The van der Waals surface area contributed by atoms with Crippen LogP contribution in [0.3, 0.4) is 0 Å². The van der Waals surface area contributed by atoms with E-state index in [0.717, 1.165) is 10.0 Å². The van der Waals surface area contributed by atoms with Gasteiger partial charge in [-0.2, -0.15) is 17.0 Å². The molecule has 0 aromatic heterocycles. The summed E-state index contributed by atoms with van der Waals surface area (Å²) < 4.78 is 40.3. The number of halogens is 1. The lowest BCUT2D eigenvalue weighted by Crippen LogP contribution is -2.52. The molecular weight excluding hydrogens is 384 g/mol. The number of ether oxygens (including phenoxy) is 2. The Hall–Kier alpha value is -0.670. The van der Waals surface area contributed by atoms with Crippen LogP contribution in [0.25, 0.3) is 0 Å². The van der Waals surface area contributed by atoms with Gasteiger partial charge in [0, 0.05) is 36.7 Å². The van der Waals surface area contributed by atoms with Crippen molar-refractivity contribution in [1.82, 2.24) is 8.61 Å². The second-order valence-electron chi connectivity index (χ2n) is 5.79. The first-order valence-corrected chi connectivity index (χ1v) is 9.62. The number of rotatable bonds is 5. The summed E-state index contributed by atoms with van der Waals surface area (Å²) in [6.07, 6.45) is -0.218. The normalized spacial score (nSPS) is 23.2. The molecule has 1 saturated heterocycles. The summed E-state index contributed by atoms with van der Waals surface area (Å²) >= 11 is 3.41. The lowest BCUT2D eigenvalue weighted by molar-refractivity contribution is -0.0453. The predicted molar refractivity (Wildman–Crippen MR) is 92.7 cm³/mol. The molecule has 1 aromatic carbocycles. The smallest absolute Gasteiger partial charge is 0.282 e. The van der Waals surface area contributed by atoms with Gasteiger partial charge in [-0.05, 0) is 32.0 Å². The average molecular weight is 407 g/mol. The minimum atomic E-state index is -3.55. The highest BCUT2D eigenvalue weighted by Crippen LogP contribution is 2.26. The highest BCUT2D eigenvalue weighted by molar-refractivity contribution is 9.10. The molecule has 1 aromatic rings. The zero-order valence-electron chi connectivity index (χ0n) is 13.8. The van der Waals surface area contributed by atoms with Crippen molar-refractivity contribution in [3.8, 4) is 5.75 Å². The van der Waals surface area contributed by atoms with Crippen LogP contribution in [-0.2, 0) is 21.5 Å². The number of hydrogen-bond acceptors (Lipinski definition) is 4. The van der Waals surface area contributed by atoms with Crippen LogP contribution in [0, 0.1) is 0 Å². The lowest BCUT2D eigenvalue weighted by Gasteiger charge is -2.36. The first-order chi connectivity index (χ1) is 10.7. The minimum absolute atomic E-state index is 0.109.